The minimum absolute atomic E-state index is 0.0595. The summed E-state index contributed by atoms with van der Waals surface area (Å²) in [6.07, 6.45) is 2.69. The van der Waals surface area contributed by atoms with Gasteiger partial charge in [0.2, 0.25) is 11.8 Å². The van der Waals surface area contributed by atoms with Gasteiger partial charge in [-0.05, 0) is 57.0 Å². The maximum atomic E-state index is 12.3. The molecule has 0 bridgehead atoms. The van der Waals surface area contributed by atoms with Gasteiger partial charge in [0.15, 0.2) is 0 Å². The van der Waals surface area contributed by atoms with E-state index in [2.05, 4.69) is 20.0 Å². The number of nitrogens with zero attached hydrogens (tertiary/aromatic N) is 2. The summed E-state index contributed by atoms with van der Waals surface area (Å²) < 4.78 is 32.4. The van der Waals surface area contributed by atoms with Crippen molar-refractivity contribution in [3.63, 3.8) is 0 Å². The minimum atomic E-state index is -3.51. The summed E-state index contributed by atoms with van der Waals surface area (Å²) in [5.74, 6) is 1.64. The standard InChI is InChI=1S/C24H26N4O4S/c1-16-17(2)32-24(26-16)18-9-8-10-19(15-18)27-22(29)13-4-3-7-14-25-23-20-11-5-6-12-21(20)33(30,31)28-23/h5-6,8-12,15H,3-4,7,13-14H2,1-2H3,(H,25,28)(H,27,29). The first-order chi connectivity index (χ1) is 15.8. The summed E-state index contributed by atoms with van der Waals surface area (Å²) in [4.78, 5) is 21.4. The lowest BCUT2D eigenvalue weighted by Gasteiger charge is -2.06. The van der Waals surface area contributed by atoms with E-state index < -0.39 is 10.0 Å². The van der Waals surface area contributed by atoms with Crippen LogP contribution in [0.5, 0.6) is 0 Å². The Morgan fingerprint density at radius 1 is 1.09 bits per heavy atom. The van der Waals surface area contributed by atoms with Gasteiger partial charge in [-0.25, -0.2) is 13.4 Å². The molecule has 0 aliphatic carbocycles. The van der Waals surface area contributed by atoms with Crippen molar-refractivity contribution in [2.75, 3.05) is 11.9 Å². The molecule has 1 aromatic heterocycles. The first kappa shape index (κ1) is 22.7. The third-order valence-corrected chi connectivity index (χ3v) is 6.81. The molecule has 1 amide bonds. The Kier molecular flexibility index (Phi) is 6.60. The molecule has 0 atom stereocenters. The average Bonchev–Trinajstić information content (AvgIpc) is 3.26. The van der Waals surface area contributed by atoms with E-state index >= 15 is 0 Å². The maximum absolute atomic E-state index is 12.3. The molecule has 33 heavy (non-hydrogen) atoms. The number of amides is 1. The molecule has 172 valence electrons. The van der Waals surface area contributed by atoms with Crippen molar-refractivity contribution < 1.29 is 17.6 Å². The van der Waals surface area contributed by atoms with Crippen LogP contribution in [0.4, 0.5) is 5.69 Å². The first-order valence-electron chi connectivity index (χ1n) is 10.8. The second-order valence-electron chi connectivity index (χ2n) is 7.93. The van der Waals surface area contributed by atoms with Crippen LogP contribution in [0.2, 0.25) is 0 Å². The Morgan fingerprint density at radius 3 is 2.70 bits per heavy atom. The molecule has 2 aromatic carbocycles. The Bertz CT molecular complexity index is 1290. The van der Waals surface area contributed by atoms with Crippen LogP contribution in [0.3, 0.4) is 0 Å². The number of rotatable bonds is 8. The van der Waals surface area contributed by atoms with Crippen molar-refractivity contribution in [3.05, 3.63) is 65.5 Å². The summed E-state index contributed by atoms with van der Waals surface area (Å²) in [6, 6.07) is 14.2. The van der Waals surface area contributed by atoms with Gasteiger partial charge in [-0.3, -0.25) is 14.5 Å². The number of aromatic nitrogens is 1. The van der Waals surface area contributed by atoms with Crippen LogP contribution in [0, 0.1) is 13.8 Å². The zero-order chi connectivity index (χ0) is 23.4. The minimum Gasteiger partial charge on any atom is -0.441 e. The Morgan fingerprint density at radius 2 is 1.91 bits per heavy atom. The number of oxazole rings is 1. The number of sulfonamides is 1. The van der Waals surface area contributed by atoms with E-state index in [1.54, 1.807) is 24.3 Å². The normalized spacial score (nSPS) is 15.3. The number of fused-ring (bicyclic) bond motifs is 1. The number of nitrogens with one attached hydrogen (secondary N) is 2. The average molecular weight is 467 g/mol. The molecule has 0 fully saturated rings. The van der Waals surface area contributed by atoms with Gasteiger partial charge in [-0.15, -0.1) is 0 Å². The molecule has 3 aromatic rings. The molecule has 4 rings (SSSR count). The molecule has 0 unspecified atom stereocenters. The van der Waals surface area contributed by atoms with E-state index in [0.29, 0.717) is 35.9 Å². The number of amidine groups is 1. The third-order valence-electron chi connectivity index (χ3n) is 5.42. The lowest BCUT2D eigenvalue weighted by molar-refractivity contribution is -0.116. The number of carbonyl (C=O) groups is 1. The van der Waals surface area contributed by atoms with Crippen molar-refractivity contribution >= 4 is 27.5 Å². The molecule has 1 aliphatic rings. The largest absolute Gasteiger partial charge is 0.441 e. The molecule has 2 N–H and O–H groups in total. The van der Waals surface area contributed by atoms with E-state index in [9.17, 15) is 13.2 Å². The SMILES string of the molecule is Cc1nc(-c2cccc(NC(=O)CCCCCN=C3NS(=O)(=O)c4ccccc43)c2)oc1C. The van der Waals surface area contributed by atoms with E-state index in [-0.39, 0.29) is 10.8 Å². The van der Waals surface area contributed by atoms with Crippen LogP contribution in [0.15, 0.2) is 62.8 Å². The summed E-state index contributed by atoms with van der Waals surface area (Å²) >= 11 is 0. The summed E-state index contributed by atoms with van der Waals surface area (Å²) in [6.45, 7) is 4.25. The van der Waals surface area contributed by atoms with Crippen molar-refractivity contribution in [2.24, 2.45) is 4.99 Å². The van der Waals surface area contributed by atoms with Crippen molar-refractivity contribution in [1.82, 2.24) is 9.71 Å². The van der Waals surface area contributed by atoms with Crippen LogP contribution in [-0.4, -0.2) is 31.7 Å². The number of hydrogen-bond donors (Lipinski definition) is 2. The first-order valence-corrected chi connectivity index (χ1v) is 12.3. The molecule has 0 spiro atoms. The fraction of sp³-hybridized carbons (Fsp3) is 0.292. The number of anilines is 1. The summed E-state index contributed by atoms with van der Waals surface area (Å²) in [7, 11) is -3.51. The smallest absolute Gasteiger partial charge is 0.263 e. The number of unbranched alkanes of at least 4 members (excludes halogenated alkanes) is 2. The quantitative estimate of drug-likeness (QED) is 0.483. The van der Waals surface area contributed by atoms with Crippen LogP contribution in [0.1, 0.15) is 42.7 Å². The van der Waals surface area contributed by atoms with Gasteiger partial charge in [0.25, 0.3) is 10.0 Å². The Labute approximate surface area is 193 Å². The Balaban J connectivity index is 1.22. The molecule has 0 radical (unpaired) electrons. The second kappa shape index (κ2) is 9.58. The fourth-order valence-electron chi connectivity index (χ4n) is 3.57. The fourth-order valence-corrected chi connectivity index (χ4v) is 4.82. The zero-order valence-corrected chi connectivity index (χ0v) is 19.4. The Hall–Kier alpha value is -3.46. The highest BCUT2D eigenvalue weighted by Crippen LogP contribution is 2.24. The highest BCUT2D eigenvalue weighted by Gasteiger charge is 2.29. The van der Waals surface area contributed by atoms with Crippen LogP contribution in [0.25, 0.3) is 11.5 Å². The predicted octanol–water partition coefficient (Wildman–Crippen LogP) is 4.20. The van der Waals surface area contributed by atoms with E-state index in [1.165, 1.54) is 0 Å². The summed E-state index contributed by atoms with van der Waals surface area (Å²) in [5.41, 5.74) is 2.96. The highest BCUT2D eigenvalue weighted by atomic mass is 32.2. The number of hydrogen-bond acceptors (Lipinski definition) is 6. The van der Waals surface area contributed by atoms with Gasteiger partial charge in [-0.2, -0.15) is 0 Å². The lowest BCUT2D eigenvalue weighted by atomic mass is 10.1. The van der Waals surface area contributed by atoms with Crippen LogP contribution < -0.4 is 10.0 Å². The van der Waals surface area contributed by atoms with Crippen molar-refractivity contribution in [3.8, 4) is 11.5 Å². The number of benzene rings is 2. The monoisotopic (exact) mass is 466 g/mol. The van der Waals surface area contributed by atoms with Crippen molar-refractivity contribution in [1.29, 1.82) is 0 Å². The van der Waals surface area contributed by atoms with Crippen LogP contribution >= 0.6 is 0 Å². The van der Waals surface area contributed by atoms with E-state index in [1.807, 2.05) is 38.1 Å². The van der Waals surface area contributed by atoms with Crippen molar-refractivity contribution in [2.45, 2.75) is 44.4 Å². The number of aliphatic imine (C=N–C) groups is 1. The predicted molar refractivity (Wildman–Crippen MR) is 127 cm³/mol. The second-order valence-corrected chi connectivity index (χ2v) is 9.58. The molecule has 9 heteroatoms. The molecular weight excluding hydrogens is 440 g/mol. The van der Waals surface area contributed by atoms with E-state index in [0.717, 1.165) is 36.3 Å². The van der Waals surface area contributed by atoms with E-state index in [4.69, 9.17) is 4.42 Å². The summed E-state index contributed by atoms with van der Waals surface area (Å²) in [5, 5.41) is 2.92. The molecule has 0 saturated heterocycles. The topological polar surface area (TPSA) is 114 Å². The van der Waals surface area contributed by atoms with Crippen LogP contribution in [-0.2, 0) is 14.8 Å². The number of carbonyl (C=O) groups excluding carboxylic acids is 1. The number of aryl methyl sites for hydroxylation is 2. The molecular formula is C24H26N4O4S. The lowest BCUT2D eigenvalue weighted by Crippen LogP contribution is -2.22. The molecule has 1 aliphatic heterocycles. The third kappa shape index (κ3) is 5.31. The van der Waals surface area contributed by atoms with Gasteiger partial charge in [0.1, 0.15) is 11.6 Å². The van der Waals surface area contributed by atoms with Gasteiger partial charge in [0.05, 0.1) is 10.6 Å². The maximum Gasteiger partial charge on any atom is 0.263 e. The van der Waals surface area contributed by atoms with Gasteiger partial charge >= 0.3 is 0 Å². The zero-order valence-electron chi connectivity index (χ0n) is 18.6. The highest BCUT2D eigenvalue weighted by molar-refractivity contribution is 7.90. The molecule has 8 nitrogen and oxygen atoms in total. The van der Waals surface area contributed by atoms with Gasteiger partial charge < -0.3 is 9.73 Å². The molecule has 2 heterocycles. The molecule has 0 saturated carbocycles. The van der Waals surface area contributed by atoms with Gasteiger partial charge in [0, 0.05) is 29.8 Å². The van der Waals surface area contributed by atoms with Gasteiger partial charge in [-0.1, -0.05) is 24.6 Å².